The summed E-state index contributed by atoms with van der Waals surface area (Å²) in [5, 5.41) is 3.79. The van der Waals surface area contributed by atoms with Crippen molar-refractivity contribution >= 4 is 0 Å². The largest absolute Gasteiger partial charge is 0.314 e. The van der Waals surface area contributed by atoms with Gasteiger partial charge in [0, 0.05) is 6.04 Å². The molecule has 1 heteroatoms. The lowest BCUT2D eigenvalue weighted by molar-refractivity contribution is 0.264. The molecule has 0 aliphatic rings. The van der Waals surface area contributed by atoms with Gasteiger partial charge >= 0.3 is 0 Å². The standard InChI is InChI=1S/C20H43N/c1-8-10-14-21-20(11-9-2)15-19(7)18(6)13-12-17(5)16(3)4/h16-21H,8-15H2,1-7H3. The van der Waals surface area contributed by atoms with Crippen molar-refractivity contribution in [3.8, 4) is 0 Å². The normalized spacial score (nSPS) is 17.7. The second kappa shape index (κ2) is 12.5. The lowest BCUT2D eigenvalue weighted by atomic mass is 9.82. The molecule has 0 spiro atoms. The molecule has 4 atom stereocenters. The van der Waals surface area contributed by atoms with E-state index in [1.807, 2.05) is 0 Å². The van der Waals surface area contributed by atoms with Crippen molar-refractivity contribution < 1.29 is 0 Å². The van der Waals surface area contributed by atoms with Gasteiger partial charge in [0.15, 0.2) is 0 Å². The number of rotatable bonds is 13. The molecule has 0 saturated carbocycles. The van der Waals surface area contributed by atoms with Crippen LogP contribution in [0.4, 0.5) is 0 Å². The van der Waals surface area contributed by atoms with Gasteiger partial charge in [0.05, 0.1) is 0 Å². The maximum atomic E-state index is 3.79. The van der Waals surface area contributed by atoms with Gasteiger partial charge in [-0.1, -0.05) is 74.1 Å². The highest BCUT2D eigenvalue weighted by Gasteiger charge is 2.18. The average molecular weight is 298 g/mol. The average Bonchev–Trinajstić information content (AvgIpc) is 2.44. The number of hydrogen-bond donors (Lipinski definition) is 1. The lowest BCUT2D eigenvalue weighted by Crippen LogP contribution is -2.32. The Bertz CT molecular complexity index is 224. The molecule has 0 heterocycles. The fraction of sp³-hybridized carbons (Fsp3) is 1.00. The van der Waals surface area contributed by atoms with E-state index in [0.717, 1.165) is 29.7 Å². The van der Waals surface area contributed by atoms with Gasteiger partial charge in [0.2, 0.25) is 0 Å². The van der Waals surface area contributed by atoms with E-state index in [2.05, 4.69) is 53.8 Å². The van der Waals surface area contributed by atoms with E-state index in [1.165, 1.54) is 51.5 Å². The molecule has 4 unspecified atom stereocenters. The highest BCUT2D eigenvalue weighted by Crippen LogP contribution is 2.26. The summed E-state index contributed by atoms with van der Waals surface area (Å²) in [6, 6.07) is 0.738. The quantitative estimate of drug-likeness (QED) is 0.394. The number of unbranched alkanes of at least 4 members (excludes halogenated alkanes) is 1. The van der Waals surface area contributed by atoms with E-state index >= 15 is 0 Å². The highest BCUT2D eigenvalue weighted by molar-refractivity contribution is 4.73. The van der Waals surface area contributed by atoms with E-state index < -0.39 is 0 Å². The Kier molecular flexibility index (Phi) is 12.5. The topological polar surface area (TPSA) is 12.0 Å². The predicted molar refractivity (Wildman–Crippen MR) is 97.8 cm³/mol. The number of nitrogens with one attached hydrogen (secondary N) is 1. The molecule has 0 aromatic carbocycles. The highest BCUT2D eigenvalue weighted by atomic mass is 14.9. The van der Waals surface area contributed by atoms with Crippen LogP contribution in [-0.4, -0.2) is 12.6 Å². The lowest BCUT2D eigenvalue weighted by Gasteiger charge is -2.27. The van der Waals surface area contributed by atoms with Crippen LogP contribution in [0.5, 0.6) is 0 Å². The van der Waals surface area contributed by atoms with Crippen molar-refractivity contribution in [2.75, 3.05) is 6.54 Å². The fourth-order valence-electron chi connectivity index (χ4n) is 2.96. The summed E-state index contributed by atoms with van der Waals surface area (Å²) in [6.45, 7) is 17.8. The number of hydrogen-bond acceptors (Lipinski definition) is 1. The zero-order valence-corrected chi connectivity index (χ0v) is 16.0. The molecule has 0 aromatic heterocycles. The summed E-state index contributed by atoms with van der Waals surface area (Å²) in [4.78, 5) is 0. The second-order valence-electron chi connectivity index (χ2n) is 7.78. The van der Waals surface area contributed by atoms with Gasteiger partial charge in [-0.3, -0.25) is 0 Å². The van der Waals surface area contributed by atoms with Crippen molar-refractivity contribution in [1.82, 2.24) is 5.32 Å². The van der Waals surface area contributed by atoms with Gasteiger partial charge < -0.3 is 5.32 Å². The van der Waals surface area contributed by atoms with Crippen LogP contribution in [0.2, 0.25) is 0 Å². The Morgan fingerprint density at radius 3 is 1.86 bits per heavy atom. The van der Waals surface area contributed by atoms with Gasteiger partial charge in [-0.2, -0.15) is 0 Å². The van der Waals surface area contributed by atoms with Gasteiger partial charge in [-0.25, -0.2) is 0 Å². The first kappa shape index (κ1) is 21.0. The summed E-state index contributed by atoms with van der Waals surface area (Å²) in [5.41, 5.74) is 0. The van der Waals surface area contributed by atoms with Crippen LogP contribution in [0.1, 0.15) is 93.4 Å². The molecule has 0 aliphatic heterocycles. The zero-order chi connectivity index (χ0) is 16.3. The van der Waals surface area contributed by atoms with E-state index in [4.69, 9.17) is 0 Å². The zero-order valence-electron chi connectivity index (χ0n) is 16.0. The summed E-state index contributed by atoms with van der Waals surface area (Å²) in [6.07, 6.45) is 9.40. The molecule has 128 valence electrons. The van der Waals surface area contributed by atoms with E-state index in [9.17, 15) is 0 Å². The molecule has 0 amide bonds. The van der Waals surface area contributed by atoms with Crippen molar-refractivity contribution in [1.29, 1.82) is 0 Å². The molecular formula is C20H43N. The first-order chi connectivity index (χ1) is 9.92. The van der Waals surface area contributed by atoms with Crippen molar-refractivity contribution in [2.24, 2.45) is 23.7 Å². The Morgan fingerprint density at radius 1 is 0.714 bits per heavy atom. The Balaban J connectivity index is 4.10. The summed E-state index contributed by atoms with van der Waals surface area (Å²) in [5.74, 6) is 3.40. The second-order valence-corrected chi connectivity index (χ2v) is 7.78. The Labute approximate surface area is 135 Å². The molecular weight excluding hydrogens is 254 g/mol. The summed E-state index contributed by atoms with van der Waals surface area (Å²) in [7, 11) is 0. The monoisotopic (exact) mass is 297 g/mol. The molecule has 0 aliphatic carbocycles. The maximum Gasteiger partial charge on any atom is 0.00695 e. The maximum absolute atomic E-state index is 3.79. The van der Waals surface area contributed by atoms with E-state index in [1.54, 1.807) is 0 Å². The summed E-state index contributed by atoms with van der Waals surface area (Å²) >= 11 is 0. The van der Waals surface area contributed by atoms with Gasteiger partial charge in [0.25, 0.3) is 0 Å². The van der Waals surface area contributed by atoms with Gasteiger partial charge in [-0.15, -0.1) is 0 Å². The van der Waals surface area contributed by atoms with Crippen LogP contribution < -0.4 is 5.32 Å². The molecule has 21 heavy (non-hydrogen) atoms. The first-order valence-electron chi connectivity index (χ1n) is 9.65. The van der Waals surface area contributed by atoms with Crippen LogP contribution in [0.15, 0.2) is 0 Å². The Morgan fingerprint density at radius 2 is 1.33 bits per heavy atom. The molecule has 1 N–H and O–H groups in total. The smallest absolute Gasteiger partial charge is 0.00695 e. The van der Waals surface area contributed by atoms with Crippen molar-refractivity contribution in [3.63, 3.8) is 0 Å². The molecule has 0 fully saturated rings. The molecule has 1 nitrogen and oxygen atoms in total. The molecule has 0 aromatic rings. The van der Waals surface area contributed by atoms with E-state index in [0.29, 0.717) is 0 Å². The third kappa shape index (κ3) is 10.3. The molecule has 0 saturated heterocycles. The third-order valence-electron chi connectivity index (χ3n) is 5.44. The minimum Gasteiger partial charge on any atom is -0.314 e. The van der Waals surface area contributed by atoms with Crippen LogP contribution in [-0.2, 0) is 0 Å². The van der Waals surface area contributed by atoms with Crippen LogP contribution in [0.25, 0.3) is 0 Å². The van der Waals surface area contributed by atoms with Gasteiger partial charge in [0.1, 0.15) is 0 Å². The summed E-state index contributed by atoms with van der Waals surface area (Å²) < 4.78 is 0. The SMILES string of the molecule is CCCCNC(CCC)CC(C)C(C)CCC(C)C(C)C. The molecule has 0 radical (unpaired) electrons. The molecule has 0 bridgehead atoms. The van der Waals surface area contributed by atoms with E-state index in [-0.39, 0.29) is 0 Å². The minimum atomic E-state index is 0.738. The van der Waals surface area contributed by atoms with Crippen molar-refractivity contribution in [2.45, 2.75) is 99.5 Å². The first-order valence-corrected chi connectivity index (χ1v) is 9.65. The Hall–Kier alpha value is -0.0400. The predicted octanol–water partition coefficient (Wildman–Crippen LogP) is 6.28. The van der Waals surface area contributed by atoms with Crippen LogP contribution in [0, 0.1) is 23.7 Å². The fourth-order valence-corrected chi connectivity index (χ4v) is 2.96. The van der Waals surface area contributed by atoms with Crippen molar-refractivity contribution in [3.05, 3.63) is 0 Å². The van der Waals surface area contributed by atoms with Gasteiger partial charge in [-0.05, 0) is 49.5 Å². The van der Waals surface area contributed by atoms with Crippen LogP contribution in [0.3, 0.4) is 0 Å². The van der Waals surface area contributed by atoms with Crippen LogP contribution >= 0.6 is 0 Å². The minimum absolute atomic E-state index is 0.738. The molecule has 0 rings (SSSR count). The third-order valence-corrected chi connectivity index (χ3v) is 5.44.